The van der Waals surface area contributed by atoms with E-state index < -0.39 is 0 Å². The van der Waals surface area contributed by atoms with Crippen molar-refractivity contribution in [2.45, 2.75) is 0 Å². The lowest BCUT2D eigenvalue weighted by Crippen LogP contribution is -1.67. The van der Waals surface area contributed by atoms with Crippen molar-refractivity contribution in [3.8, 4) is 0 Å². The second kappa shape index (κ2) is 2.91. The van der Waals surface area contributed by atoms with E-state index in [1.165, 1.54) is 0 Å². The Morgan fingerprint density at radius 2 is 1.12 bits per heavy atom. The quantitative estimate of drug-likeness (QED) is 0.443. The summed E-state index contributed by atoms with van der Waals surface area (Å²) in [4.78, 5) is 0. The first kappa shape index (κ1) is 4.97. The van der Waals surface area contributed by atoms with Gasteiger partial charge in [0.1, 0.15) is 0 Å². The van der Waals surface area contributed by atoms with E-state index in [1.54, 1.807) is 12.4 Å². The molecule has 0 N–H and O–H groups in total. The number of nitrogens with zero attached hydrogens (tertiary/aromatic N) is 2. The van der Waals surface area contributed by atoms with Crippen molar-refractivity contribution in [1.82, 2.24) is 0 Å². The van der Waals surface area contributed by atoms with E-state index in [2.05, 4.69) is 10.2 Å². The maximum atomic E-state index is 3.64. The average molecular weight is 106 g/mol. The second-order valence-corrected chi connectivity index (χ2v) is 1.30. The Morgan fingerprint density at radius 1 is 0.625 bits per heavy atom. The van der Waals surface area contributed by atoms with Crippen LogP contribution in [-0.2, 0) is 0 Å². The van der Waals surface area contributed by atoms with E-state index in [9.17, 15) is 0 Å². The van der Waals surface area contributed by atoms with Crippen LogP contribution in [-0.4, -0.2) is 12.4 Å². The lowest BCUT2D eigenvalue weighted by Gasteiger charge is -1.76. The molecule has 0 fully saturated rings. The molecule has 2 heteroatoms. The molecule has 0 aliphatic carbocycles. The topological polar surface area (TPSA) is 24.7 Å². The summed E-state index contributed by atoms with van der Waals surface area (Å²) in [6.45, 7) is 0. The van der Waals surface area contributed by atoms with Gasteiger partial charge in [-0.25, -0.2) is 0 Å². The fraction of sp³-hybridized carbons (Fsp3) is 0. The molecule has 0 aromatic carbocycles. The molecule has 0 bridgehead atoms. The zero-order chi connectivity index (χ0) is 5.66. The number of rotatable bonds is 0. The van der Waals surface area contributed by atoms with Crippen LogP contribution in [0, 0.1) is 0 Å². The lowest BCUT2D eigenvalue weighted by molar-refractivity contribution is 1.27. The van der Waals surface area contributed by atoms with Gasteiger partial charge in [-0.3, -0.25) is 0 Å². The Balaban J connectivity index is 2.67. The molecule has 1 rings (SSSR count). The molecular weight excluding hydrogens is 100 g/mol. The lowest BCUT2D eigenvalue weighted by atomic mass is 10.4. The van der Waals surface area contributed by atoms with Gasteiger partial charge in [0, 0.05) is 12.4 Å². The van der Waals surface area contributed by atoms with Crippen LogP contribution < -0.4 is 0 Å². The fourth-order valence-electron chi connectivity index (χ4n) is 0.382. The van der Waals surface area contributed by atoms with Crippen LogP contribution in [0.4, 0.5) is 0 Å². The zero-order valence-corrected chi connectivity index (χ0v) is 4.36. The minimum atomic E-state index is 1.64. The minimum Gasteiger partial charge on any atom is -0.159 e. The third-order valence-corrected chi connectivity index (χ3v) is 0.705. The molecule has 0 radical (unpaired) electrons. The molecule has 1 aliphatic heterocycles. The highest BCUT2D eigenvalue weighted by Crippen LogP contribution is 1.78. The smallest absolute Gasteiger partial charge is 0.0495 e. The highest BCUT2D eigenvalue weighted by molar-refractivity contribution is 5.77. The Hall–Kier alpha value is -1.18. The maximum Gasteiger partial charge on any atom is 0.0495 e. The van der Waals surface area contributed by atoms with E-state index in [-0.39, 0.29) is 0 Å². The van der Waals surface area contributed by atoms with Crippen LogP contribution in [0.15, 0.2) is 34.5 Å². The van der Waals surface area contributed by atoms with E-state index in [0.717, 1.165) is 0 Å². The van der Waals surface area contributed by atoms with Gasteiger partial charge in [0.25, 0.3) is 0 Å². The standard InChI is InChI=1S/C6H6N2/c1-2-4-6-8-7-5-3-1/h1-6H/b2-1?,3-1-,4-2-,5-3?,6-4?,7-5-,8-6-,8-7?. The molecule has 0 aromatic rings. The van der Waals surface area contributed by atoms with Crippen molar-refractivity contribution in [3.63, 3.8) is 0 Å². The highest BCUT2D eigenvalue weighted by atomic mass is 15.2. The van der Waals surface area contributed by atoms with Gasteiger partial charge < -0.3 is 0 Å². The van der Waals surface area contributed by atoms with Crippen LogP contribution in [0.5, 0.6) is 0 Å². The molecular formula is C6H6N2. The van der Waals surface area contributed by atoms with Crippen molar-refractivity contribution in [2.24, 2.45) is 10.2 Å². The molecule has 0 atom stereocenters. The Kier molecular flexibility index (Phi) is 1.80. The van der Waals surface area contributed by atoms with Crippen molar-refractivity contribution in [1.29, 1.82) is 0 Å². The molecule has 8 heavy (non-hydrogen) atoms. The summed E-state index contributed by atoms with van der Waals surface area (Å²) < 4.78 is 0. The van der Waals surface area contributed by atoms with Crippen LogP contribution in [0.2, 0.25) is 0 Å². The summed E-state index contributed by atoms with van der Waals surface area (Å²) in [6.07, 6.45) is 10.7. The van der Waals surface area contributed by atoms with Gasteiger partial charge in [0.2, 0.25) is 0 Å². The van der Waals surface area contributed by atoms with Gasteiger partial charge in [-0.15, -0.1) is 0 Å². The molecule has 1 aliphatic rings. The van der Waals surface area contributed by atoms with E-state index >= 15 is 0 Å². The average Bonchev–Trinajstić information content (AvgIpc) is 1.62. The van der Waals surface area contributed by atoms with Crippen molar-refractivity contribution in [3.05, 3.63) is 24.3 Å². The monoisotopic (exact) mass is 106 g/mol. The van der Waals surface area contributed by atoms with Gasteiger partial charge in [0.15, 0.2) is 0 Å². The number of allylic oxidation sites excluding steroid dienone is 4. The zero-order valence-electron chi connectivity index (χ0n) is 4.36. The SMILES string of the molecule is C1=C\C=N/N=C\C=C/1. The normalized spacial score (nSPS) is 32.0. The van der Waals surface area contributed by atoms with Gasteiger partial charge in [-0.05, 0) is 12.2 Å². The first-order valence-electron chi connectivity index (χ1n) is 2.38. The first-order valence-corrected chi connectivity index (χ1v) is 2.38. The summed E-state index contributed by atoms with van der Waals surface area (Å²) in [7, 11) is 0. The summed E-state index contributed by atoms with van der Waals surface area (Å²) in [5.74, 6) is 0. The third-order valence-electron chi connectivity index (χ3n) is 0.705. The number of hydrogen-bond acceptors (Lipinski definition) is 2. The highest BCUT2D eigenvalue weighted by Gasteiger charge is 1.66. The first-order chi connectivity index (χ1) is 4.00. The summed E-state index contributed by atoms with van der Waals surface area (Å²) in [6, 6.07) is 0. The van der Waals surface area contributed by atoms with E-state index in [0.29, 0.717) is 0 Å². The Morgan fingerprint density at radius 3 is 1.62 bits per heavy atom. The molecule has 40 valence electrons. The second-order valence-electron chi connectivity index (χ2n) is 1.30. The number of hydrogen-bond donors (Lipinski definition) is 0. The predicted octanol–water partition coefficient (Wildman–Crippen LogP) is 1.17. The molecule has 0 saturated heterocycles. The van der Waals surface area contributed by atoms with Crippen LogP contribution in [0.25, 0.3) is 0 Å². The fourth-order valence-corrected chi connectivity index (χ4v) is 0.382. The Labute approximate surface area is 47.9 Å². The molecule has 2 nitrogen and oxygen atoms in total. The molecule has 0 saturated carbocycles. The van der Waals surface area contributed by atoms with Crippen molar-refractivity contribution >= 4 is 12.4 Å². The van der Waals surface area contributed by atoms with Crippen LogP contribution in [0.1, 0.15) is 0 Å². The van der Waals surface area contributed by atoms with E-state index in [1.807, 2.05) is 24.3 Å². The van der Waals surface area contributed by atoms with Crippen LogP contribution >= 0.6 is 0 Å². The summed E-state index contributed by atoms with van der Waals surface area (Å²) >= 11 is 0. The third kappa shape index (κ3) is 1.51. The molecule has 0 spiro atoms. The largest absolute Gasteiger partial charge is 0.159 e. The summed E-state index contributed by atoms with van der Waals surface area (Å²) in [5.41, 5.74) is 0. The molecule has 0 aromatic heterocycles. The van der Waals surface area contributed by atoms with Crippen LogP contribution in [0.3, 0.4) is 0 Å². The van der Waals surface area contributed by atoms with Gasteiger partial charge in [0.05, 0.1) is 0 Å². The molecule has 0 amide bonds. The van der Waals surface area contributed by atoms with Gasteiger partial charge in [-0.1, -0.05) is 12.2 Å². The van der Waals surface area contributed by atoms with Crippen molar-refractivity contribution in [2.75, 3.05) is 0 Å². The molecule has 0 unspecified atom stereocenters. The minimum absolute atomic E-state index is 1.64. The predicted molar refractivity (Wildman–Crippen MR) is 35.3 cm³/mol. The van der Waals surface area contributed by atoms with E-state index in [4.69, 9.17) is 0 Å². The van der Waals surface area contributed by atoms with Crippen molar-refractivity contribution < 1.29 is 0 Å². The molecule has 1 heterocycles. The van der Waals surface area contributed by atoms with Gasteiger partial charge >= 0.3 is 0 Å². The maximum absolute atomic E-state index is 3.64. The Bertz CT molecular complexity index is 107. The summed E-state index contributed by atoms with van der Waals surface area (Å²) in [5, 5.41) is 7.27. The van der Waals surface area contributed by atoms with Gasteiger partial charge in [-0.2, -0.15) is 10.2 Å².